The molecular weight excluding hydrogens is 290 g/mol. The number of aryl methyl sites for hydroxylation is 2. The van der Waals surface area contributed by atoms with Crippen LogP contribution in [0.15, 0.2) is 28.7 Å². The topological polar surface area (TPSA) is 29.9 Å². The van der Waals surface area contributed by atoms with Gasteiger partial charge in [0.15, 0.2) is 0 Å². The summed E-state index contributed by atoms with van der Waals surface area (Å²) in [6, 6.07) is 8.81. The second-order valence-electron chi connectivity index (χ2n) is 4.56. The summed E-state index contributed by atoms with van der Waals surface area (Å²) in [5, 5.41) is 7.75. The molecule has 0 spiro atoms. The SMILES string of the molecule is CNC(C)c1ccc(-n2nc(C)cc2C)c(Br)c1. The minimum absolute atomic E-state index is 0.343. The van der Waals surface area contributed by atoms with E-state index in [4.69, 9.17) is 0 Å². The standard InChI is InChI=1S/C14H18BrN3/c1-9-7-10(2)18(17-9)14-6-5-12(8-13(14)15)11(3)16-4/h5-8,11,16H,1-4H3. The molecule has 0 fully saturated rings. The number of nitrogens with one attached hydrogen (secondary N) is 1. The molecule has 1 aromatic heterocycles. The average molecular weight is 308 g/mol. The van der Waals surface area contributed by atoms with Gasteiger partial charge in [-0.05, 0) is 67.5 Å². The molecule has 18 heavy (non-hydrogen) atoms. The minimum atomic E-state index is 0.343. The Kier molecular flexibility index (Phi) is 3.88. The highest BCUT2D eigenvalue weighted by Crippen LogP contribution is 2.26. The van der Waals surface area contributed by atoms with Crippen LogP contribution >= 0.6 is 15.9 Å². The van der Waals surface area contributed by atoms with E-state index >= 15 is 0 Å². The van der Waals surface area contributed by atoms with Crippen molar-refractivity contribution < 1.29 is 0 Å². The van der Waals surface area contributed by atoms with Crippen molar-refractivity contribution in [2.24, 2.45) is 0 Å². The summed E-state index contributed by atoms with van der Waals surface area (Å²) < 4.78 is 3.03. The number of benzene rings is 1. The summed E-state index contributed by atoms with van der Waals surface area (Å²) in [7, 11) is 1.97. The lowest BCUT2D eigenvalue weighted by atomic mass is 10.1. The van der Waals surface area contributed by atoms with Gasteiger partial charge in [0.25, 0.3) is 0 Å². The molecule has 0 aliphatic heterocycles. The maximum atomic E-state index is 4.51. The molecule has 1 aromatic carbocycles. The number of hydrogen-bond acceptors (Lipinski definition) is 2. The first-order valence-corrected chi connectivity index (χ1v) is 6.82. The molecular formula is C14H18BrN3. The zero-order chi connectivity index (χ0) is 13.3. The van der Waals surface area contributed by atoms with Crippen LogP contribution in [-0.2, 0) is 0 Å². The summed E-state index contributed by atoms with van der Waals surface area (Å²) in [4.78, 5) is 0. The van der Waals surface area contributed by atoms with Crippen LogP contribution < -0.4 is 5.32 Å². The highest BCUT2D eigenvalue weighted by atomic mass is 79.9. The molecule has 1 unspecified atom stereocenters. The van der Waals surface area contributed by atoms with E-state index in [1.807, 2.05) is 18.7 Å². The third kappa shape index (κ3) is 2.49. The summed E-state index contributed by atoms with van der Waals surface area (Å²) in [5.74, 6) is 0. The molecule has 0 bridgehead atoms. The van der Waals surface area contributed by atoms with Gasteiger partial charge in [-0.2, -0.15) is 5.10 Å². The lowest BCUT2D eigenvalue weighted by molar-refractivity contribution is 0.651. The van der Waals surface area contributed by atoms with E-state index in [9.17, 15) is 0 Å². The number of nitrogens with zero attached hydrogens (tertiary/aromatic N) is 2. The van der Waals surface area contributed by atoms with Gasteiger partial charge in [-0.3, -0.25) is 0 Å². The van der Waals surface area contributed by atoms with Crippen LogP contribution in [0.1, 0.15) is 29.9 Å². The van der Waals surface area contributed by atoms with Crippen molar-refractivity contribution in [1.29, 1.82) is 0 Å². The summed E-state index contributed by atoms with van der Waals surface area (Å²) in [6.45, 7) is 6.22. The molecule has 0 saturated carbocycles. The Hall–Kier alpha value is -1.13. The Bertz CT molecular complexity index is 560. The predicted molar refractivity (Wildman–Crippen MR) is 78.2 cm³/mol. The lowest BCUT2D eigenvalue weighted by Crippen LogP contribution is -2.12. The van der Waals surface area contributed by atoms with E-state index in [1.165, 1.54) is 5.56 Å². The van der Waals surface area contributed by atoms with Gasteiger partial charge in [0.2, 0.25) is 0 Å². The smallest absolute Gasteiger partial charge is 0.0790 e. The fraction of sp³-hybridized carbons (Fsp3) is 0.357. The average Bonchev–Trinajstić information content (AvgIpc) is 2.67. The van der Waals surface area contributed by atoms with E-state index in [0.29, 0.717) is 6.04 Å². The van der Waals surface area contributed by atoms with Crippen molar-refractivity contribution in [2.45, 2.75) is 26.8 Å². The monoisotopic (exact) mass is 307 g/mol. The molecule has 0 aliphatic rings. The molecule has 0 radical (unpaired) electrons. The van der Waals surface area contributed by atoms with Gasteiger partial charge in [-0.15, -0.1) is 0 Å². The van der Waals surface area contributed by atoms with Crippen molar-refractivity contribution in [1.82, 2.24) is 15.1 Å². The van der Waals surface area contributed by atoms with Crippen molar-refractivity contribution in [3.05, 3.63) is 45.7 Å². The molecule has 1 atom stereocenters. The van der Waals surface area contributed by atoms with Gasteiger partial charge >= 0.3 is 0 Å². The van der Waals surface area contributed by atoms with Gasteiger partial charge < -0.3 is 5.32 Å². The van der Waals surface area contributed by atoms with Crippen LogP contribution in [-0.4, -0.2) is 16.8 Å². The maximum absolute atomic E-state index is 4.51. The molecule has 4 heteroatoms. The third-order valence-electron chi connectivity index (χ3n) is 3.14. The molecule has 2 aromatic rings. The Morgan fingerprint density at radius 1 is 1.28 bits per heavy atom. The van der Waals surface area contributed by atoms with E-state index in [2.05, 4.69) is 64.5 Å². The van der Waals surface area contributed by atoms with Gasteiger partial charge in [-0.1, -0.05) is 6.07 Å². The molecule has 0 amide bonds. The second-order valence-corrected chi connectivity index (χ2v) is 5.41. The predicted octanol–water partition coefficient (Wildman–Crippen LogP) is 3.53. The molecule has 1 heterocycles. The molecule has 0 saturated heterocycles. The van der Waals surface area contributed by atoms with Gasteiger partial charge in [0, 0.05) is 16.2 Å². The van der Waals surface area contributed by atoms with E-state index in [1.54, 1.807) is 0 Å². The highest BCUT2D eigenvalue weighted by Gasteiger charge is 2.10. The fourth-order valence-corrected chi connectivity index (χ4v) is 2.57. The summed E-state index contributed by atoms with van der Waals surface area (Å²) >= 11 is 3.64. The Balaban J connectivity index is 2.44. The van der Waals surface area contributed by atoms with E-state index in [-0.39, 0.29) is 0 Å². The van der Waals surface area contributed by atoms with Crippen LogP contribution in [0.5, 0.6) is 0 Å². The van der Waals surface area contributed by atoms with Crippen molar-refractivity contribution >= 4 is 15.9 Å². The van der Waals surface area contributed by atoms with E-state index < -0.39 is 0 Å². The highest BCUT2D eigenvalue weighted by molar-refractivity contribution is 9.10. The maximum Gasteiger partial charge on any atom is 0.0790 e. The largest absolute Gasteiger partial charge is 0.313 e. The molecule has 2 rings (SSSR count). The zero-order valence-electron chi connectivity index (χ0n) is 11.2. The summed E-state index contributed by atoms with van der Waals surface area (Å²) in [6.07, 6.45) is 0. The Morgan fingerprint density at radius 2 is 2.00 bits per heavy atom. The van der Waals surface area contributed by atoms with Crippen LogP contribution in [0.2, 0.25) is 0 Å². The molecule has 1 N–H and O–H groups in total. The van der Waals surface area contributed by atoms with Gasteiger partial charge in [0.05, 0.1) is 11.4 Å². The first kappa shape index (κ1) is 13.3. The van der Waals surface area contributed by atoms with Crippen LogP contribution in [0.3, 0.4) is 0 Å². The van der Waals surface area contributed by atoms with E-state index in [0.717, 1.165) is 21.5 Å². The number of rotatable bonds is 3. The van der Waals surface area contributed by atoms with Crippen LogP contribution in [0.4, 0.5) is 0 Å². The molecule has 0 aliphatic carbocycles. The Labute approximate surface area is 116 Å². The zero-order valence-corrected chi connectivity index (χ0v) is 12.7. The third-order valence-corrected chi connectivity index (χ3v) is 3.78. The minimum Gasteiger partial charge on any atom is -0.313 e. The quantitative estimate of drug-likeness (QED) is 0.940. The van der Waals surface area contributed by atoms with Crippen molar-refractivity contribution in [3.8, 4) is 5.69 Å². The first-order chi connectivity index (χ1) is 8.52. The first-order valence-electron chi connectivity index (χ1n) is 6.03. The summed E-state index contributed by atoms with van der Waals surface area (Å²) in [5.41, 5.74) is 4.51. The number of hydrogen-bond donors (Lipinski definition) is 1. The Morgan fingerprint density at radius 3 is 2.50 bits per heavy atom. The van der Waals surface area contributed by atoms with Gasteiger partial charge in [-0.25, -0.2) is 4.68 Å². The normalized spacial score (nSPS) is 12.7. The second kappa shape index (κ2) is 5.24. The van der Waals surface area contributed by atoms with Crippen LogP contribution in [0, 0.1) is 13.8 Å². The fourth-order valence-electron chi connectivity index (χ4n) is 2.00. The number of aromatic nitrogens is 2. The van der Waals surface area contributed by atoms with Crippen molar-refractivity contribution in [3.63, 3.8) is 0 Å². The van der Waals surface area contributed by atoms with Crippen LogP contribution in [0.25, 0.3) is 5.69 Å². The van der Waals surface area contributed by atoms with Gasteiger partial charge in [0.1, 0.15) is 0 Å². The number of halogens is 1. The molecule has 3 nitrogen and oxygen atoms in total. The van der Waals surface area contributed by atoms with Crippen molar-refractivity contribution in [2.75, 3.05) is 7.05 Å². The molecule has 96 valence electrons. The lowest BCUT2D eigenvalue weighted by Gasteiger charge is -2.13.